The largest absolute Gasteiger partial charge is 0.444 e. The standard InChI is InChI=1S/C16H24N4O3S/c1-15(2,3)23-14(21)19-13-20-16(4,12(22-5)9-24-13)11-8-10(17)6-7-18-11/h6-8,12H,9H2,1-5H3,(H2,17,18)(H,19,20,21)/t12-,16-/m1/s1. The van der Waals surface area contributed by atoms with Crippen LogP contribution in [-0.4, -0.2) is 40.8 Å². The lowest BCUT2D eigenvalue weighted by molar-refractivity contribution is 0.0535. The number of aliphatic imine (C=N–C) groups is 1. The van der Waals surface area contributed by atoms with Crippen LogP contribution in [0.3, 0.4) is 0 Å². The number of amidine groups is 1. The normalized spacial score (nSPS) is 24.2. The van der Waals surface area contributed by atoms with Crippen LogP contribution in [0.5, 0.6) is 0 Å². The molecule has 0 saturated heterocycles. The van der Waals surface area contributed by atoms with Crippen molar-refractivity contribution in [1.82, 2.24) is 10.3 Å². The van der Waals surface area contributed by atoms with Crippen molar-refractivity contribution in [3.05, 3.63) is 24.0 Å². The van der Waals surface area contributed by atoms with Gasteiger partial charge in [0.2, 0.25) is 0 Å². The summed E-state index contributed by atoms with van der Waals surface area (Å²) in [5.41, 5.74) is 5.85. The number of amides is 1. The van der Waals surface area contributed by atoms with Crippen molar-refractivity contribution in [1.29, 1.82) is 0 Å². The number of hydrogen-bond donors (Lipinski definition) is 2. The number of nitrogens with zero attached hydrogens (tertiary/aromatic N) is 2. The summed E-state index contributed by atoms with van der Waals surface area (Å²) in [5, 5.41) is 3.17. The van der Waals surface area contributed by atoms with E-state index in [1.165, 1.54) is 11.8 Å². The van der Waals surface area contributed by atoms with Crippen LogP contribution in [-0.2, 0) is 15.0 Å². The first-order valence-electron chi connectivity index (χ1n) is 7.61. The summed E-state index contributed by atoms with van der Waals surface area (Å²) < 4.78 is 10.9. The SMILES string of the molecule is CO[C@@H]1CSC(NC(=O)OC(C)(C)C)=N[C@]1(C)c1cc(N)ccn1. The molecule has 0 aliphatic carbocycles. The van der Waals surface area contributed by atoms with Gasteiger partial charge in [0.1, 0.15) is 11.1 Å². The van der Waals surface area contributed by atoms with Crippen LogP contribution in [0.25, 0.3) is 0 Å². The second-order valence-corrected chi connectivity index (χ2v) is 7.71. The van der Waals surface area contributed by atoms with Crippen molar-refractivity contribution >= 4 is 28.7 Å². The molecule has 0 saturated carbocycles. The zero-order valence-electron chi connectivity index (χ0n) is 14.6. The summed E-state index contributed by atoms with van der Waals surface area (Å²) in [6.45, 7) is 7.35. The van der Waals surface area contributed by atoms with Gasteiger partial charge in [-0.2, -0.15) is 0 Å². The van der Waals surface area contributed by atoms with E-state index >= 15 is 0 Å². The molecule has 2 atom stereocenters. The number of methoxy groups -OCH3 is 1. The highest BCUT2D eigenvalue weighted by Crippen LogP contribution is 2.36. The number of aromatic nitrogens is 1. The van der Waals surface area contributed by atoms with Gasteiger partial charge in [-0.15, -0.1) is 0 Å². The number of carbonyl (C=O) groups excluding carboxylic acids is 1. The van der Waals surface area contributed by atoms with Crippen molar-refractivity contribution in [3.8, 4) is 0 Å². The Morgan fingerprint density at radius 3 is 2.79 bits per heavy atom. The second-order valence-electron chi connectivity index (χ2n) is 6.70. The predicted molar refractivity (Wildman–Crippen MR) is 96.1 cm³/mol. The van der Waals surface area contributed by atoms with Crippen LogP contribution < -0.4 is 11.1 Å². The highest BCUT2D eigenvalue weighted by Gasteiger charge is 2.41. The highest BCUT2D eigenvalue weighted by atomic mass is 32.2. The molecule has 7 nitrogen and oxygen atoms in total. The molecular weight excluding hydrogens is 328 g/mol. The fourth-order valence-electron chi connectivity index (χ4n) is 2.33. The number of nitrogens with two attached hydrogens (primary N) is 1. The molecule has 1 aliphatic heterocycles. The summed E-state index contributed by atoms with van der Waals surface area (Å²) in [5.74, 6) is 0.623. The molecule has 8 heteroatoms. The third-order valence-electron chi connectivity index (χ3n) is 3.53. The van der Waals surface area contributed by atoms with Gasteiger partial charge in [-0.3, -0.25) is 10.3 Å². The van der Waals surface area contributed by atoms with Crippen LogP contribution in [0.2, 0.25) is 0 Å². The zero-order chi connectivity index (χ0) is 18.0. The Morgan fingerprint density at radius 1 is 1.50 bits per heavy atom. The summed E-state index contributed by atoms with van der Waals surface area (Å²) in [7, 11) is 1.64. The van der Waals surface area contributed by atoms with Gasteiger partial charge in [-0.1, -0.05) is 11.8 Å². The molecule has 0 bridgehead atoms. The van der Waals surface area contributed by atoms with Crippen LogP contribution in [0.4, 0.5) is 10.5 Å². The number of thioether (sulfide) groups is 1. The quantitative estimate of drug-likeness (QED) is 0.848. The Hall–Kier alpha value is -1.80. The molecule has 1 amide bonds. The van der Waals surface area contributed by atoms with Crippen LogP contribution in [0, 0.1) is 0 Å². The molecule has 3 N–H and O–H groups in total. The molecule has 0 fully saturated rings. The van der Waals surface area contributed by atoms with E-state index in [9.17, 15) is 4.79 Å². The summed E-state index contributed by atoms with van der Waals surface area (Å²) in [6.07, 6.45) is 0.912. The van der Waals surface area contributed by atoms with E-state index in [0.717, 1.165) is 0 Å². The number of nitrogens with one attached hydrogen (secondary N) is 1. The van der Waals surface area contributed by atoms with Gasteiger partial charge in [0.25, 0.3) is 0 Å². The van der Waals surface area contributed by atoms with E-state index in [1.54, 1.807) is 25.4 Å². The van der Waals surface area contributed by atoms with Gasteiger partial charge in [0.05, 0.1) is 11.8 Å². The van der Waals surface area contributed by atoms with E-state index in [4.69, 9.17) is 15.2 Å². The lowest BCUT2D eigenvalue weighted by Gasteiger charge is -2.36. The van der Waals surface area contributed by atoms with Crippen molar-refractivity contribution in [2.24, 2.45) is 4.99 Å². The third-order valence-corrected chi connectivity index (χ3v) is 4.46. The summed E-state index contributed by atoms with van der Waals surface area (Å²) in [4.78, 5) is 21.0. The fraction of sp³-hybridized carbons (Fsp3) is 0.562. The van der Waals surface area contributed by atoms with E-state index in [2.05, 4.69) is 15.3 Å². The third kappa shape index (κ3) is 4.39. The molecule has 0 unspecified atom stereocenters. The minimum absolute atomic E-state index is 0.194. The van der Waals surface area contributed by atoms with Crippen LogP contribution in [0.1, 0.15) is 33.4 Å². The molecule has 1 aromatic rings. The van der Waals surface area contributed by atoms with Crippen LogP contribution in [0.15, 0.2) is 23.3 Å². The topological polar surface area (TPSA) is 98.8 Å². The first kappa shape index (κ1) is 18.5. The smallest absolute Gasteiger partial charge is 0.413 e. The Balaban J connectivity index is 2.28. The number of hydrogen-bond acceptors (Lipinski definition) is 7. The molecule has 24 heavy (non-hydrogen) atoms. The summed E-state index contributed by atoms with van der Waals surface area (Å²) in [6, 6.07) is 3.49. The predicted octanol–water partition coefficient (Wildman–Crippen LogP) is 2.52. The van der Waals surface area contributed by atoms with Gasteiger partial charge < -0.3 is 15.2 Å². The number of carbonyl (C=O) groups is 1. The number of pyridine rings is 1. The maximum absolute atomic E-state index is 12.0. The Morgan fingerprint density at radius 2 is 2.21 bits per heavy atom. The average Bonchev–Trinajstić information content (AvgIpc) is 2.45. The Labute approximate surface area is 146 Å². The minimum Gasteiger partial charge on any atom is -0.444 e. The maximum Gasteiger partial charge on any atom is 0.413 e. The molecule has 2 rings (SSSR count). The first-order chi connectivity index (χ1) is 11.1. The second kappa shape index (κ2) is 6.98. The molecule has 0 aromatic carbocycles. The maximum atomic E-state index is 12.0. The Bertz CT molecular complexity index is 644. The van der Waals surface area contributed by atoms with E-state index < -0.39 is 17.2 Å². The first-order valence-corrected chi connectivity index (χ1v) is 8.60. The van der Waals surface area contributed by atoms with Crippen molar-refractivity contribution in [2.75, 3.05) is 18.6 Å². The van der Waals surface area contributed by atoms with Crippen molar-refractivity contribution in [3.63, 3.8) is 0 Å². The van der Waals surface area contributed by atoms with Gasteiger partial charge >= 0.3 is 6.09 Å². The molecule has 1 aromatic heterocycles. The van der Waals surface area contributed by atoms with Gasteiger partial charge in [-0.25, -0.2) is 9.79 Å². The van der Waals surface area contributed by atoms with Crippen LogP contribution >= 0.6 is 11.8 Å². The molecule has 1 aliphatic rings. The van der Waals surface area contributed by atoms with Crippen molar-refractivity contribution < 1.29 is 14.3 Å². The molecule has 2 heterocycles. The molecule has 0 radical (unpaired) electrons. The van der Waals surface area contributed by atoms with Gasteiger partial charge in [0.15, 0.2) is 5.17 Å². The van der Waals surface area contributed by atoms with Gasteiger partial charge in [0, 0.05) is 24.7 Å². The van der Waals surface area contributed by atoms with Crippen molar-refractivity contribution in [2.45, 2.75) is 44.9 Å². The zero-order valence-corrected chi connectivity index (χ0v) is 15.4. The average molecular weight is 352 g/mol. The van der Waals surface area contributed by atoms with E-state index in [0.29, 0.717) is 22.3 Å². The lowest BCUT2D eigenvalue weighted by atomic mass is 9.91. The minimum atomic E-state index is -0.750. The number of nitrogen functional groups attached to an aromatic ring is 1. The molecule has 132 valence electrons. The summed E-state index contributed by atoms with van der Waals surface area (Å²) >= 11 is 1.41. The monoisotopic (exact) mass is 352 g/mol. The van der Waals surface area contributed by atoms with E-state index in [-0.39, 0.29) is 6.10 Å². The molecule has 0 spiro atoms. The fourth-order valence-corrected chi connectivity index (χ4v) is 3.51. The number of rotatable bonds is 2. The number of alkyl carbamates (subject to hydrolysis) is 1. The number of ether oxygens (including phenoxy) is 2. The van der Waals surface area contributed by atoms with E-state index in [1.807, 2.05) is 27.7 Å². The van der Waals surface area contributed by atoms with Gasteiger partial charge in [-0.05, 0) is 39.8 Å². The molecular formula is C16H24N4O3S. The highest BCUT2D eigenvalue weighted by molar-refractivity contribution is 8.14. The lowest BCUT2D eigenvalue weighted by Crippen LogP contribution is -2.46. The number of anilines is 1. The Kier molecular flexibility index (Phi) is 5.39.